The minimum Gasteiger partial charge on any atom is -0.299 e. The Morgan fingerprint density at radius 1 is 0.968 bits per heavy atom. The summed E-state index contributed by atoms with van der Waals surface area (Å²) in [6.45, 7) is 1.53. The molecule has 2 fully saturated rings. The van der Waals surface area contributed by atoms with Crippen LogP contribution in [0, 0.1) is 23.0 Å². The highest BCUT2D eigenvalue weighted by molar-refractivity contribution is 7.89. The number of hydrogen-bond donors (Lipinski definition) is 0. The summed E-state index contributed by atoms with van der Waals surface area (Å²) in [4.78, 5) is 1.39. The number of nitriles is 1. The molecule has 2 saturated heterocycles. The third-order valence-corrected chi connectivity index (χ3v) is 7.95. The van der Waals surface area contributed by atoms with E-state index in [0.717, 1.165) is 12.1 Å². The molecule has 0 spiro atoms. The van der Waals surface area contributed by atoms with E-state index >= 15 is 0 Å². The number of rotatable bonds is 4. The van der Waals surface area contributed by atoms with Gasteiger partial charge in [0.2, 0.25) is 10.0 Å². The molecule has 2 aromatic rings. The van der Waals surface area contributed by atoms with E-state index in [9.17, 15) is 21.6 Å². The second-order valence-corrected chi connectivity index (χ2v) is 9.87. The monoisotopic (exact) mass is 449 g/mol. The molecule has 31 heavy (non-hydrogen) atoms. The molecular formula is C22H22F3N3O2S. The SMILES string of the molecule is N#Cc1ccc(-c2cc(F)c(S(=O)(=O)N3CCC(N4CCC(F)CC4)C3)cc2F)cc1. The largest absolute Gasteiger partial charge is 0.299 e. The van der Waals surface area contributed by atoms with Crippen molar-refractivity contribution in [2.45, 2.75) is 36.4 Å². The van der Waals surface area contributed by atoms with E-state index in [0.29, 0.717) is 43.5 Å². The maximum Gasteiger partial charge on any atom is 0.246 e. The van der Waals surface area contributed by atoms with E-state index in [2.05, 4.69) is 4.90 Å². The van der Waals surface area contributed by atoms with Crippen molar-refractivity contribution >= 4 is 10.0 Å². The fourth-order valence-corrected chi connectivity index (χ4v) is 5.82. The lowest BCUT2D eigenvalue weighted by atomic mass is 10.0. The van der Waals surface area contributed by atoms with Gasteiger partial charge < -0.3 is 0 Å². The third-order valence-electron chi connectivity index (χ3n) is 6.07. The van der Waals surface area contributed by atoms with Gasteiger partial charge >= 0.3 is 0 Å². The van der Waals surface area contributed by atoms with Crippen LogP contribution in [0.5, 0.6) is 0 Å². The summed E-state index contributed by atoms with van der Waals surface area (Å²) in [5.41, 5.74) is 0.648. The topological polar surface area (TPSA) is 64.4 Å². The molecule has 5 nitrogen and oxygen atoms in total. The predicted octanol–water partition coefficient (Wildman–Crippen LogP) is 3.70. The van der Waals surface area contributed by atoms with E-state index in [-0.39, 0.29) is 24.7 Å². The Kier molecular flexibility index (Phi) is 6.06. The second-order valence-electron chi connectivity index (χ2n) is 7.97. The molecule has 1 unspecified atom stereocenters. The highest BCUT2D eigenvalue weighted by atomic mass is 32.2. The maximum atomic E-state index is 14.8. The molecule has 2 heterocycles. The first-order valence-electron chi connectivity index (χ1n) is 10.2. The van der Waals surface area contributed by atoms with Crippen molar-refractivity contribution in [3.05, 3.63) is 53.6 Å². The van der Waals surface area contributed by atoms with Gasteiger partial charge in [-0.25, -0.2) is 21.6 Å². The molecule has 0 bridgehead atoms. The highest BCUT2D eigenvalue weighted by Gasteiger charge is 2.38. The Morgan fingerprint density at radius 2 is 1.65 bits per heavy atom. The Balaban J connectivity index is 1.56. The Labute approximate surface area is 179 Å². The fraction of sp³-hybridized carbons (Fsp3) is 0.409. The Bertz CT molecular complexity index is 1110. The lowest BCUT2D eigenvalue weighted by molar-refractivity contribution is 0.116. The van der Waals surface area contributed by atoms with Crippen molar-refractivity contribution < 1.29 is 21.6 Å². The van der Waals surface area contributed by atoms with Crippen molar-refractivity contribution in [3.8, 4) is 17.2 Å². The van der Waals surface area contributed by atoms with Crippen LogP contribution in [0.25, 0.3) is 11.1 Å². The Morgan fingerprint density at radius 3 is 2.29 bits per heavy atom. The first-order valence-corrected chi connectivity index (χ1v) is 11.6. The molecule has 2 aliphatic rings. The molecule has 0 N–H and O–H groups in total. The smallest absolute Gasteiger partial charge is 0.246 e. The van der Waals surface area contributed by atoms with Crippen molar-refractivity contribution in [2.24, 2.45) is 0 Å². The van der Waals surface area contributed by atoms with Gasteiger partial charge in [-0.3, -0.25) is 4.90 Å². The normalized spacial score (nSPS) is 21.3. The summed E-state index contributed by atoms with van der Waals surface area (Å²) in [7, 11) is -4.21. The van der Waals surface area contributed by atoms with Crippen LogP contribution < -0.4 is 0 Å². The second kappa shape index (κ2) is 8.61. The van der Waals surface area contributed by atoms with Crippen LogP contribution >= 0.6 is 0 Å². The quantitative estimate of drug-likeness (QED) is 0.714. The van der Waals surface area contributed by atoms with Crippen molar-refractivity contribution in [3.63, 3.8) is 0 Å². The molecule has 1 atom stereocenters. The van der Waals surface area contributed by atoms with Gasteiger partial charge in [-0.2, -0.15) is 9.57 Å². The average molecular weight is 449 g/mol. The number of alkyl halides is 1. The molecule has 0 aromatic heterocycles. The van der Waals surface area contributed by atoms with E-state index in [4.69, 9.17) is 5.26 Å². The number of hydrogen-bond acceptors (Lipinski definition) is 4. The van der Waals surface area contributed by atoms with Crippen molar-refractivity contribution in [1.82, 2.24) is 9.21 Å². The van der Waals surface area contributed by atoms with Crippen LogP contribution in [-0.4, -0.2) is 56.0 Å². The number of nitrogens with zero attached hydrogens (tertiary/aromatic N) is 3. The third kappa shape index (κ3) is 4.33. The van der Waals surface area contributed by atoms with Crippen molar-refractivity contribution in [1.29, 1.82) is 5.26 Å². The summed E-state index contributed by atoms with van der Waals surface area (Å²) in [5, 5.41) is 8.87. The number of halogens is 3. The molecular weight excluding hydrogens is 427 g/mol. The van der Waals surface area contributed by atoms with E-state index in [1.807, 2.05) is 6.07 Å². The van der Waals surface area contributed by atoms with Gasteiger partial charge in [0, 0.05) is 37.8 Å². The molecule has 4 rings (SSSR count). The number of piperidine rings is 1. The van der Waals surface area contributed by atoms with E-state index in [1.54, 1.807) is 0 Å². The first kappa shape index (κ1) is 21.8. The molecule has 0 radical (unpaired) electrons. The first-order chi connectivity index (χ1) is 14.8. The summed E-state index contributed by atoms with van der Waals surface area (Å²) >= 11 is 0. The molecule has 2 aliphatic heterocycles. The summed E-state index contributed by atoms with van der Waals surface area (Å²) in [6.07, 6.45) is 0.618. The standard InChI is InChI=1S/C22H22F3N3O2S/c23-17-5-8-27(9-6-17)18-7-10-28(14-18)31(29,30)22-12-20(24)19(11-21(22)25)16-3-1-15(13-26)2-4-16/h1-4,11-12,17-18H,5-10,14H2. The van der Waals surface area contributed by atoms with Crippen LogP contribution in [0.1, 0.15) is 24.8 Å². The lowest BCUT2D eigenvalue weighted by Crippen LogP contribution is -2.43. The molecule has 9 heteroatoms. The van der Waals surface area contributed by atoms with Crippen LogP contribution in [0.15, 0.2) is 41.3 Å². The number of sulfonamides is 1. The van der Waals surface area contributed by atoms with Crippen LogP contribution in [0.4, 0.5) is 13.2 Å². The number of likely N-dealkylation sites (tertiary alicyclic amines) is 1. The maximum absolute atomic E-state index is 14.8. The average Bonchev–Trinajstić information content (AvgIpc) is 3.27. The van der Waals surface area contributed by atoms with Crippen LogP contribution in [0.3, 0.4) is 0 Å². The zero-order valence-electron chi connectivity index (χ0n) is 16.8. The van der Waals surface area contributed by atoms with Gasteiger partial charge in [-0.15, -0.1) is 0 Å². The zero-order chi connectivity index (χ0) is 22.2. The van der Waals surface area contributed by atoms with Gasteiger partial charge in [0.1, 0.15) is 22.7 Å². The zero-order valence-corrected chi connectivity index (χ0v) is 17.6. The molecule has 0 amide bonds. The molecule has 0 saturated carbocycles. The van der Waals surface area contributed by atoms with Gasteiger partial charge in [-0.1, -0.05) is 12.1 Å². The van der Waals surface area contributed by atoms with Gasteiger partial charge in [0.15, 0.2) is 0 Å². The fourth-order valence-electron chi connectivity index (χ4n) is 4.27. The Hall–Kier alpha value is -2.41. The number of benzene rings is 2. The highest BCUT2D eigenvalue weighted by Crippen LogP contribution is 2.31. The van der Waals surface area contributed by atoms with Crippen LogP contribution in [-0.2, 0) is 10.0 Å². The van der Waals surface area contributed by atoms with Gasteiger partial charge in [0.05, 0.1) is 11.6 Å². The predicted molar refractivity (Wildman–Crippen MR) is 109 cm³/mol. The van der Waals surface area contributed by atoms with E-state index < -0.39 is 32.7 Å². The van der Waals surface area contributed by atoms with Crippen LogP contribution in [0.2, 0.25) is 0 Å². The molecule has 164 valence electrons. The minimum atomic E-state index is -4.21. The van der Waals surface area contributed by atoms with Crippen molar-refractivity contribution in [2.75, 3.05) is 26.2 Å². The van der Waals surface area contributed by atoms with Gasteiger partial charge in [-0.05, 0) is 49.1 Å². The lowest BCUT2D eigenvalue weighted by Gasteiger charge is -2.33. The minimum absolute atomic E-state index is 0.0481. The van der Waals surface area contributed by atoms with Gasteiger partial charge in [0.25, 0.3) is 0 Å². The summed E-state index contributed by atoms with van der Waals surface area (Å²) in [5.74, 6) is -1.88. The summed E-state index contributed by atoms with van der Waals surface area (Å²) in [6, 6.07) is 9.42. The molecule has 2 aromatic carbocycles. The molecule has 0 aliphatic carbocycles. The van der Waals surface area contributed by atoms with E-state index in [1.165, 1.54) is 28.6 Å². The summed E-state index contributed by atoms with van der Waals surface area (Å²) < 4.78 is 70.2.